The number of anilines is 1. The van der Waals surface area contributed by atoms with Gasteiger partial charge in [-0.25, -0.2) is 0 Å². The Kier molecular flexibility index (Phi) is 3.65. The third-order valence-corrected chi connectivity index (χ3v) is 3.09. The van der Waals surface area contributed by atoms with Crippen LogP contribution in [0.4, 0.5) is 5.69 Å². The largest absolute Gasteiger partial charge is 0.466 e. The first-order chi connectivity index (χ1) is 8.61. The molecule has 0 radical (unpaired) electrons. The van der Waals surface area contributed by atoms with Gasteiger partial charge >= 0.3 is 5.97 Å². The molecule has 0 aromatic heterocycles. The molecule has 4 heteroatoms. The number of carbonyl (C=O) groups excluding carboxylic acids is 2. The van der Waals surface area contributed by atoms with Crippen LogP contribution in [-0.2, 0) is 14.3 Å². The summed E-state index contributed by atoms with van der Waals surface area (Å²) < 4.78 is 4.96. The number of esters is 1. The molecule has 0 aliphatic carbocycles. The molecule has 0 N–H and O–H groups in total. The molecule has 1 saturated heterocycles. The van der Waals surface area contributed by atoms with Gasteiger partial charge in [0.15, 0.2) is 0 Å². The van der Waals surface area contributed by atoms with Gasteiger partial charge in [0.1, 0.15) is 0 Å². The molecule has 1 fully saturated rings. The first-order valence-electron chi connectivity index (χ1n) is 6.15. The number of amides is 1. The van der Waals surface area contributed by atoms with Crippen molar-refractivity contribution in [2.75, 3.05) is 18.1 Å². The maximum absolute atomic E-state index is 11.9. The van der Waals surface area contributed by atoms with Crippen LogP contribution in [0.2, 0.25) is 0 Å². The van der Waals surface area contributed by atoms with Gasteiger partial charge in [0.05, 0.1) is 12.5 Å². The van der Waals surface area contributed by atoms with Gasteiger partial charge in [0.25, 0.3) is 0 Å². The lowest BCUT2D eigenvalue weighted by atomic mass is 10.1. The molecule has 1 aliphatic rings. The normalized spacial score (nSPS) is 19.1. The highest BCUT2D eigenvalue weighted by Gasteiger charge is 2.35. The highest BCUT2D eigenvalue weighted by molar-refractivity contribution is 5.99. The molecule has 0 saturated carbocycles. The fraction of sp³-hybridized carbons (Fsp3) is 0.429. The number of benzene rings is 1. The fourth-order valence-corrected chi connectivity index (χ4v) is 2.10. The Labute approximate surface area is 107 Å². The van der Waals surface area contributed by atoms with Crippen molar-refractivity contribution in [3.8, 4) is 0 Å². The van der Waals surface area contributed by atoms with Crippen LogP contribution in [0.3, 0.4) is 0 Å². The van der Waals surface area contributed by atoms with Gasteiger partial charge in [-0.2, -0.15) is 0 Å². The molecule has 18 heavy (non-hydrogen) atoms. The molecular weight excluding hydrogens is 230 g/mol. The van der Waals surface area contributed by atoms with Crippen molar-refractivity contribution in [2.45, 2.75) is 20.3 Å². The summed E-state index contributed by atoms with van der Waals surface area (Å²) in [7, 11) is 0. The van der Waals surface area contributed by atoms with Crippen molar-refractivity contribution >= 4 is 17.6 Å². The molecule has 4 nitrogen and oxygen atoms in total. The second-order valence-corrected chi connectivity index (χ2v) is 4.49. The Morgan fingerprint density at radius 2 is 2.06 bits per heavy atom. The molecule has 1 aromatic carbocycles. The summed E-state index contributed by atoms with van der Waals surface area (Å²) >= 11 is 0. The molecule has 0 unspecified atom stereocenters. The van der Waals surface area contributed by atoms with E-state index in [0.717, 1.165) is 11.3 Å². The smallest absolute Gasteiger partial charge is 0.311 e. The molecule has 0 spiro atoms. The van der Waals surface area contributed by atoms with Gasteiger partial charge in [-0.3, -0.25) is 9.59 Å². The van der Waals surface area contributed by atoms with Gasteiger partial charge in [0.2, 0.25) is 5.91 Å². The van der Waals surface area contributed by atoms with Crippen molar-refractivity contribution in [2.24, 2.45) is 5.92 Å². The van der Waals surface area contributed by atoms with E-state index in [9.17, 15) is 9.59 Å². The molecular formula is C14H17NO3. The summed E-state index contributed by atoms with van der Waals surface area (Å²) in [6.07, 6.45) is 0.243. The SMILES string of the molecule is CCOC(=O)[C@H]1CC(=O)N(c2ccc(C)cc2)C1. The van der Waals surface area contributed by atoms with E-state index in [1.807, 2.05) is 31.2 Å². The zero-order valence-corrected chi connectivity index (χ0v) is 10.7. The molecule has 1 atom stereocenters. The van der Waals surface area contributed by atoms with Gasteiger partial charge in [0, 0.05) is 18.7 Å². The molecule has 0 bridgehead atoms. The highest BCUT2D eigenvalue weighted by Crippen LogP contribution is 2.25. The van der Waals surface area contributed by atoms with E-state index in [-0.39, 0.29) is 24.2 Å². The maximum atomic E-state index is 11.9. The maximum Gasteiger partial charge on any atom is 0.311 e. The summed E-state index contributed by atoms with van der Waals surface area (Å²) in [5, 5.41) is 0. The average molecular weight is 247 g/mol. The van der Waals surface area contributed by atoms with Crippen LogP contribution in [0.25, 0.3) is 0 Å². The molecule has 1 aromatic rings. The quantitative estimate of drug-likeness (QED) is 0.766. The molecule has 2 rings (SSSR count). The number of carbonyl (C=O) groups is 2. The Bertz CT molecular complexity index is 453. The first kappa shape index (κ1) is 12.6. The van der Waals surface area contributed by atoms with E-state index in [4.69, 9.17) is 4.74 Å². The number of hydrogen-bond donors (Lipinski definition) is 0. The van der Waals surface area contributed by atoms with Crippen LogP contribution < -0.4 is 4.90 Å². The minimum Gasteiger partial charge on any atom is -0.466 e. The van der Waals surface area contributed by atoms with E-state index < -0.39 is 0 Å². The van der Waals surface area contributed by atoms with Crippen molar-refractivity contribution in [1.29, 1.82) is 0 Å². The minimum atomic E-state index is -0.334. The number of rotatable bonds is 3. The van der Waals surface area contributed by atoms with E-state index in [1.54, 1.807) is 11.8 Å². The number of hydrogen-bond acceptors (Lipinski definition) is 3. The summed E-state index contributed by atoms with van der Waals surface area (Å²) in [6.45, 7) is 4.54. The summed E-state index contributed by atoms with van der Waals surface area (Å²) in [5.41, 5.74) is 1.99. The Morgan fingerprint density at radius 1 is 1.39 bits per heavy atom. The van der Waals surface area contributed by atoms with Crippen LogP contribution in [0.15, 0.2) is 24.3 Å². The molecule has 96 valence electrons. The predicted octanol–water partition coefficient (Wildman–Crippen LogP) is 1.91. The van der Waals surface area contributed by atoms with Crippen LogP contribution in [0.1, 0.15) is 18.9 Å². The van der Waals surface area contributed by atoms with E-state index in [0.29, 0.717) is 13.2 Å². The van der Waals surface area contributed by atoms with Crippen LogP contribution >= 0.6 is 0 Å². The lowest BCUT2D eigenvalue weighted by Gasteiger charge is -2.16. The zero-order valence-electron chi connectivity index (χ0n) is 10.7. The molecule has 1 heterocycles. The van der Waals surface area contributed by atoms with Crippen molar-refractivity contribution in [3.05, 3.63) is 29.8 Å². The third-order valence-electron chi connectivity index (χ3n) is 3.09. The minimum absolute atomic E-state index is 0.0168. The Hall–Kier alpha value is -1.84. The second-order valence-electron chi connectivity index (χ2n) is 4.49. The average Bonchev–Trinajstić information content (AvgIpc) is 2.73. The molecule has 1 amide bonds. The van der Waals surface area contributed by atoms with Gasteiger partial charge in [-0.15, -0.1) is 0 Å². The summed E-state index contributed by atoms with van der Waals surface area (Å²) in [6, 6.07) is 7.72. The Morgan fingerprint density at radius 3 is 2.67 bits per heavy atom. The lowest BCUT2D eigenvalue weighted by molar-refractivity contribution is -0.147. The highest BCUT2D eigenvalue weighted by atomic mass is 16.5. The Balaban J connectivity index is 2.10. The standard InChI is InChI=1S/C14H17NO3/c1-3-18-14(17)11-8-13(16)15(9-11)12-6-4-10(2)5-7-12/h4-7,11H,3,8-9H2,1-2H3/t11-/m0/s1. The fourth-order valence-electron chi connectivity index (χ4n) is 2.10. The van der Waals surface area contributed by atoms with Gasteiger partial charge < -0.3 is 9.64 Å². The van der Waals surface area contributed by atoms with Crippen molar-refractivity contribution in [3.63, 3.8) is 0 Å². The van der Waals surface area contributed by atoms with E-state index in [2.05, 4.69) is 0 Å². The second kappa shape index (κ2) is 5.21. The predicted molar refractivity (Wildman–Crippen MR) is 68.3 cm³/mol. The number of nitrogens with zero attached hydrogens (tertiary/aromatic N) is 1. The van der Waals surface area contributed by atoms with E-state index >= 15 is 0 Å². The van der Waals surface area contributed by atoms with Crippen molar-refractivity contribution < 1.29 is 14.3 Å². The lowest BCUT2D eigenvalue weighted by Crippen LogP contribution is -2.26. The van der Waals surface area contributed by atoms with E-state index in [1.165, 1.54) is 0 Å². The van der Waals surface area contributed by atoms with Crippen LogP contribution in [-0.4, -0.2) is 25.0 Å². The van der Waals surface area contributed by atoms with Gasteiger partial charge in [-0.1, -0.05) is 17.7 Å². The monoisotopic (exact) mass is 247 g/mol. The summed E-state index contributed by atoms with van der Waals surface area (Å²) in [4.78, 5) is 25.2. The van der Waals surface area contributed by atoms with Crippen molar-refractivity contribution in [1.82, 2.24) is 0 Å². The number of aryl methyl sites for hydroxylation is 1. The van der Waals surface area contributed by atoms with Crippen LogP contribution in [0, 0.1) is 12.8 Å². The number of ether oxygens (including phenoxy) is 1. The van der Waals surface area contributed by atoms with Crippen LogP contribution in [0.5, 0.6) is 0 Å². The first-order valence-corrected chi connectivity index (χ1v) is 6.15. The molecule has 1 aliphatic heterocycles. The zero-order chi connectivity index (χ0) is 13.1. The third kappa shape index (κ3) is 2.53. The topological polar surface area (TPSA) is 46.6 Å². The van der Waals surface area contributed by atoms with Gasteiger partial charge in [-0.05, 0) is 26.0 Å². The summed E-state index contributed by atoms with van der Waals surface area (Å²) in [5.74, 6) is -0.629.